The number of carbonyl (C=O) groups is 2. The van der Waals surface area contributed by atoms with Crippen molar-refractivity contribution in [3.05, 3.63) is 59.4 Å². The van der Waals surface area contributed by atoms with Crippen molar-refractivity contribution in [1.82, 2.24) is 14.9 Å². The van der Waals surface area contributed by atoms with Crippen LogP contribution in [0.5, 0.6) is 0 Å². The van der Waals surface area contributed by atoms with Crippen molar-refractivity contribution in [3.63, 3.8) is 0 Å². The summed E-state index contributed by atoms with van der Waals surface area (Å²) in [6.07, 6.45) is 1.11. The molecule has 0 fully saturated rings. The molecule has 3 aromatic rings. The van der Waals surface area contributed by atoms with Crippen LogP contribution in [-0.4, -0.2) is 42.6 Å². The zero-order valence-corrected chi connectivity index (χ0v) is 17.1. The van der Waals surface area contributed by atoms with Gasteiger partial charge in [-0.2, -0.15) is 0 Å². The number of para-hydroxylation sites is 2. The van der Waals surface area contributed by atoms with E-state index >= 15 is 0 Å². The molecule has 0 spiro atoms. The Hall–Kier alpha value is -2.91. The summed E-state index contributed by atoms with van der Waals surface area (Å²) in [6, 6.07) is 13.7. The molecule has 0 saturated heterocycles. The van der Waals surface area contributed by atoms with Crippen LogP contribution < -0.4 is 10.6 Å². The number of nitrogens with zero attached hydrogens (tertiary/aromatic N) is 2. The third-order valence-electron chi connectivity index (χ3n) is 4.00. The molecule has 0 aliphatic rings. The molecule has 2 N–H and O–H groups in total. The van der Waals surface area contributed by atoms with Crippen molar-refractivity contribution in [1.29, 1.82) is 0 Å². The van der Waals surface area contributed by atoms with E-state index in [-0.39, 0.29) is 24.7 Å². The summed E-state index contributed by atoms with van der Waals surface area (Å²) in [5, 5.41) is 5.73. The van der Waals surface area contributed by atoms with Gasteiger partial charge in [0.1, 0.15) is 18.1 Å². The van der Waals surface area contributed by atoms with Gasteiger partial charge in [0.25, 0.3) is 0 Å². The lowest BCUT2D eigenvalue weighted by atomic mass is 10.3. The molecular formula is C19H19ClN4O4S. The average molecular weight is 435 g/mol. The normalized spacial score (nSPS) is 11.4. The maximum absolute atomic E-state index is 12.4. The lowest BCUT2D eigenvalue weighted by Gasteiger charge is -2.10. The molecule has 0 aliphatic heterocycles. The Morgan fingerprint density at radius 3 is 2.45 bits per heavy atom. The molecule has 0 unspecified atom stereocenters. The average Bonchev–Trinajstić information content (AvgIpc) is 2.97. The highest BCUT2D eigenvalue weighted by molar-refractivity contribution is 7.89. The van der Waals surface area contributed by atoms with E-state index < -0.39 is 21.7 Å². The lowest BCUT2D eigenvalue weighted by molar-refractivity contribution is -0.124. The quantitative estimate of drug-likeness (QED) is 0.590. The van der Waals surface area contributed by atoms with Crippen LogP contribution in [0.15, 0.2) is 48.5 Å². The van der Waals surface area contributed by atoms with Gasteiger partial charge in [0, 0.05) is 17.0 Å². The number of hydrogen-bond donors (Lipinski definition) is 2. The number of amides is 2. The van der Waals surface area contributed by atoms with E-state index in [0.717, 1.165) is 6.26 Å². The Morgan fingerprint density at radius 1 is 1.07 bits per heavy atom. The van der Waals surface area contributed by atoms with E-state index in [4.69, 9.17) is 11.6 Å². The molecule has 10 heteroatoms. The van der Waals surface area contributed by atoms with E-state index in [1.165, 1.54) is 0 Å². The molecular weight excluding hydrogens is 416 g/mol. The summed E-state index contributed by atoms with van der Waals surface area (Å²) >= 11 is 5.80. The largest absolute Gasteiger partial charge is 0.345 e. The van der Waals surface area contributed by atoms with Crippen LogP contribution in [0, 0.1) is 0 Å². The van der Waals surface area contributed by atoms with Crippen LogP contribution in [0.4, 0.5) is 5.69 Å². The van der Waals surface area contributed by atoms with E-state index in [1.807, 2.05) is 0 Å². The zero-order valence-electron chi connectivity index (χ0n) is 15.6. The Balaban J connectivity index is 1.67. The van der Waals surface area contributed by atoms with Crippen molar-refractivity contribution in [3.8, 4) is 0 Å². The Labute approximate surface area is 172 Å². The minimum Gasteiger partial charge on any atom is -0.345 e. The van der Waals surface area contributed by atoms with Gasteiger partial charge in [0.05, 0.1) is 17.6 Å². The summed E-state index contributed by atoms with van der Waals surface area (Å²) in [5.74, 6) is -0.845. The molecule has 2 aromatic carbocycles. The number of anilines is 1. The van der Waals surface area contributed by atoms with Crippen molar-refractivity contribution >= 4 is 50.0 Å². The van der Waals surface area contributed by atoms with E-state index in [1.54, 1.807) is 53.1 Å². The van der Waals surface area contributed by atoms with Crippen LogP contribution in [0.25, 0.3) is 11.0 Å². The van der Waals surface area contributed by atoms with Gasteiger partial charge in [0.15, 0.2) is 9.84 Å². The van der Waals surface area contributed by atoms with Gasteiger partial charge in [-0.15, -0.1) is 0 Å². The molecule has 152 valence electrons. The number of aromatic nitrogens is 2. The van der Waals surface area contributed by atoms with Crippen LogP contribution in [0.3, 0.4) is 0 Å². The number of sulfone groups is 1. The van der Waals surface area contributed by atoms with Crippen molar-refractivity contribution in [2.45, 2.75) is 12.3 Å². The second-order valence-corrected chi connectivity index (χ2v) is 9.08. The molecule has 3 rings (SSSR count). The van der Waals surface area contributed by atoms with Gasteiger partial charge in [-0.05, 0) is 36.4 Å². The van der Waals surface area contributed by atoms with E-state index in [0.29, 0.717) is 21.7 Å². The topological polar surface area (TPSA) is 110 Å². The number of rotatable bonds is 7. The molecule has 0 radical (unpaired) electrons. The highest BCUT2D eigenvalue weighted by atomic mass is 35.5. The lowest BCUT2D eigenvalue weighted by Crippen LogP contribution is -2.35. The number of carbonyl (C=O) groups excluding carboxylic acids is 2. The molecule has 0 aliphatic carbocycles. The fourth-order valence-corrected chi connectivity index (χ4v) is 3.58. The van der Waals surface area contributed by atoms with Crippen LogP contribution in [0.1, 0.15) is 5.82 Å². The number of nitrogens with one attached hydrogen (secondary N) is 2. The summed E-state index contributed by atoms with van der Waals surface area (Å²) < 4.78 is 25.0. The first-order chi connectivity index (χ1) is 13.7. The highest BCUT2D eigenvalue weighted by Crippen LogP contribution is 2.17. The maximum Gasteiger partial charge on any atom is 0.243 e. The van der Waals surface area contributed by atoms with Gasteiger partial charge >= 0.3 is 0 Å². The van der Waals surface area contributed by atoms with Crippen LogP contribution >= 0.6 is 11.6 Å². The van der Waals surface area contributed by atoms with Crippen molar-refractivity contribution < 1.29 is 18.0 Å². The molecule has 0 saturated carbocycles. The van der Waals surface area contributed by atoms with Crippen molar-refractivity contribution in [2.75, 3.05) is 18.1 Å². The fraction of sp³-hybridized carbons (Fsp3) is 0.211. The third kappa shape index (κ3) is 5.78. The van der Waals surface area contributed by atoms with Crippen molar-refractivity contribution in [2.24, 2.45) is 0 Å². The molecule has 0 atom stereocenters. The first kappa shape index (κ1) is 20.8. The summed E-state index contributed by atoms with van der Waals surface area (Å²) in [4.78, 5) is 28.7. The van der Waals surface area contributed by atoms with Gasteiger partial charge in [-0.3, -0.25) is 9.59 Å². The van der Waals surface area contributed by atoms with E-state index in [9.17, 15) is 18.0 Å². The van der Waals surface area contributed by atoms with Gasteiger partial charge < -0.3 is 15.2 Å². The minimum absolute atomic E-state index is 0.153. The highest BCUT2D eigenvalue weighted by Gasteiger charge is 2.17. The number of benzene rings is 2. The summed E-state index contributed by atoms with van der Waals surface area (Å²) in [7, 11) is -3.34. The first-order valence-electron chi connectivity index (χ1n) is 8.65. The standard InChI is InChI=1S/C19H19ClN4O4S/c1-29(27,28)12-17-23-15-4-2-3-5-16(15)24(17)11-19(26)21-10-18(25)22-14-8-6-13(20)7-9-14/h2-9H,10-12H2,1H3,(H,21,26)(H,22,25). The predicted molar refractivity (Wildman–Crippen MR) is 111 cm³/mol. The zero-order chi connectivity index (χ0) is 21.0. The fourth-order valence-electron chi connectivity index (χ4n) is 2.76. The number of imidazole rings is 1. The monoisotopic (exact) mass is 434 g/mol. The van der Waals surface area contributed by atoms with E-state index in [2.05, 4.69) is 15.6 Å². The van der Waals surface area contributed by atoms with Gasteiger partial charge in [-0.25, -0.2) is 13.4 Å². The predicted octanol–water partition coefficient (Wildman–Crippen LogP) is 1.99. The molecule has 0 bridgehead atoms. The second-order valence-electron chi connectivity index (χ2n) is 6.50. The SMILES string of the molecule is CS(=O)(=O)Cc1nc2ccccc2n1CC(=O)NCC(=O)Nc1ccc(Cl)cc1. The second kappa shape index (κ2) is 8.62. The Bertz CT molecular complexity index is 1160. The minimum atomic E-state index is -3.34. The maximum atomic E-state index is 12.4. The summed E-state index contributed by atoms with van der Waals surface area (Å²) in [6.45, 7) is -0.380. The molecule has 8 nitrogen and oxygen atoms in total. The third-order valence-corrected chi connectivity index (χ3v) is 5.04. The van der Waals surface area contributed by atoms with Crippen LogP contribution in [-0.2, 0) is 31.7 Å². The summed E-state index contributed by atoms with van der Waals surface area (Å²) in [5.41, 5.74) is 1.80. The van der Waals surface area contributed by atoms with Gasteiger partial charge in [0.2, 0.25) is 11.8 Å². The Morgan fingerprint density at radius 2 is 1.76 bits per heavy atom. The first-order valence-corrected chi connectivity index (χ1v) is 11.1. The molecule has 2 amide bonds. The number of fused-ring (bicyclic) bond motifs is 1. The molecule has 1 heterocycles. The smallest absolute Gasteiger partial charge is 0.243 e. The Kier molecular flexibility index (Phi) is 6.19. The number of hydrogen-bond acceptors (Lipinski definition) is 5. The molecule has 29 heavy (non-hydrogen) atoms. The van der Waals surface area contributed by atoms with Crippen LogP contribution in [0.2, 0.25) is 5.02 Å². The molecule has 1 aromatic heterocycles. The van der Waals surface area contributed by atoms with Gasteiger partial charge in [-0.1, -0.05) is 23.7 Å². The number of halogens is 1.